The topological polar surface area (TPSA) is 60.2 Å². The monoisotopic (exact) mass is 281 g/mol. The average Bonchev–Trinajstić information content (AvgIpc) is 2.84. The van der Waals surface area contributed by atoms with E-state index in [1.54, 1.807) is 6.92 Å². The van der Waals surface area contributed by atoms with Gasteiger partial charge in [-0.15, -0.1) is 16.7 Å². The van der Waals surface area contributed by atoms with Gasteiger partial charge < -0.3 is 14.5 Å². The third-order valence-electron chi connectivity index (χ3n) is 2.42. The largest absolute Gasteiger partial charge is 0.492 e. The van der Waals surface area contributed by atoms with Crippen molar-refractivity contribution in [2.24, 2.45) is 0 Å². The Morgan fingerprint density at radius 3 is 2.95 bits per heavy atom. The SMILES string of the molecule is Cc1cccc(OCCNc2nnc(C(C)Cl)o2)c1. The standard InChI is InChI=1S/C13H16ClN3O2/c1-9-4-3-5-11(8-9)18-7-6-15-13-17-16-12(19-13)10(2)14/h3-5,8,10H,6-7H2,1-2H3,(H,15,17). The predicted octanol–water partition coefficient (Wildman–Crippen LogP) is 3.17. The summed E-state index contributed by atoms with van der Waals surface area (Å²) in [6.07, 6.45) is 0. The van der Waals surface area contributed by atoms with E-state index in [-0.39, 0.29) is 5.38 Å². The number of benzene rings is 1. The third kappa shape index (κ3) is 4.13. The number of aromatic nitrogens is 2. The lowest BCUT2D eigenvalue weighted by molar-refractivity contribution is 0.331. The molecule has 1 aromatic heterocycles. The molecule has 0 saturated carbocycles. The highest BCUT2D eigenvalue weighted by Crippen LogP contribution is 2.19. The summed E-state index contributed by atoms with van der Waals surface area (Å²) in [7, 11) is 0. The van der Waals surface area contributed by atoms with Crippen LogP contribution in [0.1, 0.15) is 23.8 Å². The third-order valence-corrected chi connectivity index (χ3v) is 2.60. The summed E-state index contributed by atoms with van der Waals surface area (Å²) in [6.45, 7) is 4.89. The second-order valence-electron chi connectivity index (χ2n) is 4.15. The molecular weight excluding hydrogens is 266 g/mol. The summed E-state index contributed by atoms with van der Waals surface area (Å²) in [4.78, 5) is 0. The summed E-state index contributed by atoms with van der Waals surface area (Å²) in [5.74, 6) is 1.26. The van der Waals surface area contributed by atoms with Gasteiger partial charge in [0.15, 0.2) is 0 Å². The van der Waals surface area contributed by atoms with E-state index >= 15 is 0 Å². The summed E-state index contributed by atoms with van der Waals surface area (Å²) >= 11 is 5.82. The van der Waals surface area contributed by atoms with Crippen LogP contribution >= 0.6 is 11.6 Å². The van der Waals surface area contributed by atoms with Gasteiger partial charge in [0.05, 0.1) is 6.54 Å². The highest BCUT2D eigenvalue weighted by atomic mass is 35.5. The maximum absolute atomic E-state index is 5.82. The minimum Gasteiger partial charge on any atom is -0.492 e. The number of aryl methyl sites for hydroxylation is 1. The molecule has 1 N–H and O–H groups in total. The van der Waals surface area contributed by atoms with E-state index in [0.717, 1.165) is 5.75 Å². The quantitative estimate of drug-likeness (QED) is 0.651. The first-order chi connectivity index (χ1) is 9.15. The smallest absolute Gasteiger partial charge is 0.315 e. The van der Waals surface area contributed by atoms with Crippen LogP contribution in [0, 0.1) is 6.92 Å². The first kappa shape index (κ1) is 13.7. The zero-order chi connectivity index (χ0) is 13.7. The fourth-order valence-corrected chi connectivity index (χ4v) is 1.59. The Hall–Kier alpha value is -1.75. The van der Waals surface area contributed by atoms with Crippen LogP contribution < -0.4 is 10.1 Å². The Morgan fingerprint density at radius 1 is 1.42 bits per heavy atom. The number of halogens is 1. The van der Waals surface area contributed by atoms with Crippen LogP contribution in [-0.2, 0) is 0 Å². The van der Waals surface area contributed by atoms with Crippen LogP contribution in [0.15, 0.2) is 28.7 Å². The molecule has 1 aromatic carbocycles. The van der Waals surface area contributed by atoms with Crippen LogP contribution in [-0.4, -0.2) is 23.3 Å². The number of anilines is 1. The zero-order valence-electron chi connectivity index (χ0n) is 10.9. The van der Waals surface area contributed by atoms with Crippen molar-refractivity contribution >= 4 is 17.6 Å². The number of hydrogen-bond acceptors (Lipinski definition) is 5. The van der Waals surface area contributed by atoms with Gasteiger partial charge in [-0.05, 0) is 31.5 Å². The molecule has 0 bridgehead atoms. The van der Waals surface area contributed by atoms with Gasteiger partial charge in [-0.2, -0.15) is 0 Å². The van der Waals surface area contributed by atoms with Crippen molar-refractivity contribution in [3.63, 3.8) is 0 Å². The molecule has 1 unspecified atom stereocenters. The number of ether oxygens (including phenoxy) is 1. The van der Waals surface area contributed by atoms with E-state index in [2.05, 4.69) is 15.5 Å². The van der Waals surface area contributed by atoms with Crippen LogP contribution in [0.4, 0.5) is 6.01 Å². The number of nitrogens with zero attached hydrogens (tertiary/aromatic N) is 2. The molecule has 0 aliphatic rings. The number of nitrogens with one attached hydrogen (secondary N) is 1. The zero-order valence-corrected chi connectivity index (χ0v) is 11.6. The van der Waals surface area contributed by atoms with Gasteiger partial charge in [0, 0.05) is 0 Å². The van der Waals surface area contributed by atoms with E-state index in [1.807, 2.05) is 31.2 Å². The number of rotatable bonds is 6. The molecule has 5 nitrogen and oxygen atoms in total. The molecule has 0 aliphatic heterocycles. The fourth-order valence-electron chi connectivity index (χ4n) is 1.50. The first-order valence-corrected chi connectivity index (χ1v) is 6.49. The molecule has 2 rings (SSSR count). The summed E-state index contributed by atoms with van der Waals surface area (Å²) in [5.41, 5.74) is 1.17. The van der Waals surface area contributed by atoms with Crippen molar-refractivity contribution in [2.75, 3.05) is 18.5 Å². The van der Waals surface area contributed by atoms with Crippen molar-refractivity contribution < 1.29 is 9.15 Å². The lowest BCUT2D eigenvalue weighted by Crippen LogP contribution is -2.11. The molecule has 0 spiro atoms. The van der Waals surface area contributed by atoms with Crippen molar-refractivity contribution in [1.29, 1.82) is 0 Å². The predicted molar refractivity (Wildman–Crippen MR) is 73.7 cm³/mol. The molecular formula is C13H16ClN3O2. The van der Waals surface area contributed by atoms with Crippen LogP contribution in [0.2, 0.25) is 0 Å². The van der Waals surface area contributed by atoms with E-state index in [9.17, 15) is 0 Å². The Balaban J connectivity index is 1.74. The van der Waals surface area contributed by atoms with Crippen molar-refractivity contribution in [3.05, 3.63) is 35.7 Å². The minimum absolute atomic E-state index is 0.286. The highest BCUT2D eigenvalue weighted by Gasteiger charge is 2.10. The molecule has 1 heterocycles. The molecule has 102 valence electrons. The Kier molecular flexibility index (Phi) is 4.63. The second kappa shape index (κ2) is 6.43. The normalized spacial score (nSPS) is 12.2. The van der Waals surface area contributed by atoms with Gasteiger partial charge in [0.2, 0.25) is 5.89 Å². The van der Waals surface area contributed by atoms with Gasteiger partial charge in [-0.1, -0.05) is 17.2 Å². The Morgan fingerprint density at radius 2 is 2.26 bits per heavy atom. The van der Waals surface area contributed by atoms with Crippen LogP contribution in [0.3, 0.4) is 0 Å². The number of alkyl halides is 1. The van der Waals surface area contributed by atoms with E-state index in [1.165, 1.54) is 5.56 Å². The van der Waals surface area contributed by atoms with Gasteiger partial charge >= 0.3 is 6.01 Å². The molecule has 2 aromatic rings. The summed E-state index contributed by atoms with van der Waals surface area (Å²) in [6, 6.07) is 8.26. The average molecular weight is 282 g/mol. The molecule has 0 amide bonds. The van der Waals surface area contributed by atoms with Gasteiger partial charge in [0.25, 0.3) is 0 Å². The van der Waals surface area contributed by atoms with Gasteiger partial charge in [-0.25, -0.2) is 0 Å². The van der Waals surface area contributed by atoms with E-state index < -0.39 is 0 Å². The molecule has 0 radical (unpaired) electrons. The Bertz CT molecular complexity index is 528. The molecule has 1 atom stereocenters. The summed E-state index contributed by atoms with van der Waals surface area (Å²) < 4.78 is 10.9. The molecule has 6 heteroatoms. The number of hydrogen-bond donors (Lipinski definition) is 1. The lowest BCUT2D eigenvalue weighted by Gasteiger charge is -2.06. The molecule has 0 aliphatic carbocycles. The molecule has 19 heavy (non-hydrogen) atoms. The Labute approximate surface area is 116 Å². The van der Waals surface area contributed by atoms with Crippen LogP contribution in [0.5, 0.6) is 5.75 Å². The fraction of sp³-hybridized carbons (Fsp3) is 0.385. The lowest BCUT2D eigenvalue weighted by atomic mass is 10.2. The van der Waals surface area contributed by atoms with Crippen molar-refractivity contribution in [2.45, 2.75) is 19.2 Å². The van der Waals surface area contributed by atoms with Crippen molar-refractivity contribution in [1.82, 2.24) is 10.2 Å². The maximum atomic E-state index is 5.82. The van der Waals surface area contributed by atoms with E-state index in [4.69, 9.17) is 20.8 Å². The van der Waals surface area contributed by atoms with Gasteiger partial charge in [0.1, 0.15) is 17.7 Å². The van der Waals surface area contributed by atoms with Crippen LogP contribution in [0.25, 0.3) is 0 Å². The second-order valence-corrected chi connectivity index (χ2v) is 4.81. The first-order valence-electron chi connectivity index (χ1n) is 6.06. The molecule has 0 saturated heterocycles. The maximum Gasteiger partial charge on any atom is 0.315 e. The summed E-state index contributed by atoms with van der Waals surface area (Å²) in [5, 5.41) is 10.3. The highest BCUT2D eigenvalue weighted by molar-refractivity contribution is 6.20. The van der Waals surface area contributed by atoms with Crippen molar-refractivity contribution in [3.8, 4) is 5.75 Å². The minimum atomic E-state index is -0.286. The van der Waals surface area contributed by atoms with E-state index in [0.29, 0.717) is 25.1 Å². The molecule has 0 fully saturated rings. The van der Waals surface area contributed by atoms with Gasteiger partial charge in [-0.3, -0.25) is 0 Å².